The van der Waals surface area contributed by atoms with Crippen LogP contribution in [0.4, 0.5) is 14.5 Å². The van der Waals surface area contributed by atoms with Crippen LogP contribution in [-0.2, 0) is 4.79 Å². The number of aromatic amines is 1. The predicted molar refractivity (Wildman–Crippen MR) is 108 cm³/mol. The second-order valence-corrected chi connectivity index (χ2v) is 6.49. The molecule has 0 saturated carbocycles. The van der Waals surface area contributed by atoms with E-state index in [1.807, 2.05) is 6.07 Å². The fourth-order valence-electron chi connectivity index (χ4n) is 3.11. The van der Waals surface area contributed by atoms with Crippen molar-refractivity contribution < 1.29 is 13.6 Å². The van der Waals surface area contributed by atoms with E-state index in [2.05, 4.69) is 26.8 Å². The number of amides is 1. The number of anilines is 1. The van der Waals surface area contributed by atoms with Gasteiger partial charge < -0.3 is 10.3 Å². The van der Waals surface area contributed by atoms with Gasteiger partial charge in [-0.3, -0.25) is 4.79 Å². The van der Waals surface area contributed by atoms with Crippen LogP contribution in [0, 0.1) is 18.6 Å². The standard InChI is InChI=1S/C22H16F2N4O/c1-3-20(29)27-15-6-4-5-13(7-15)19-11-26-22-21(28-19)17(10-25-22)16-8-14(23)9-18(24)12(16)2/h3-11H,1H2,2H3,(H,25,26)(H,27,29). The fraction of sp³-hybridized carbons (Fsp3) is 0.0455. The second kappa shape index (κ2) is 7.27. The summed E-state index contributed by atoms with van der Waals surface area (Å²) in [5.41, 5.74) is 4.17. The number of H-pyrrole nitrogens is 1. The third kappa shape index (κ3) is 3.50. The van der Waals surface area contributed by atoms with Crippen molar-refractivity contribution in [1.82, 2.24) is 15.0 Å². The third-order valence-corrected chi connectivity index (χ3v) is 4.59. The van der Waals surface area contributed by atoms with Crippen LogP contribution in [0.25, 0.3) is 33.5 Å². The Bertz CT molecular complexity index is 1260. The molecule has 0 unspecified atom stereocenters. The zero-order valence-electron chi connectivity index (χ0n) is 15.5. The number of rotatable bonds is 4. The Morgan fingerprint density at radius 1 is 1.21 bits per heavy atom. The van der Waals surface area contributed by atoms with Crippen molar-refractivity contribution in [2.24, 2.45) is 0 Å². The molecule has 144 valence electrons. The zero-order chi connectivity index (χ0) is 20.5. The van der Waals surface area contributed by atoms with Crippen LogP contribution in [0.1, 0.15) is 5.56 Å². The number of halogens is 2. The quantitative estimate of drug-likeness (QED) is 0.482. The Morgan fingerprint density at radius 3 is 2.83 bits per heavy atom. The van der Waals surface area contributed by atoms with E-state index < -0.39 is 11.6 Å². The molecule has 0 aliphatic carbocycles. The van der Waals surface area contributed by atoms with Crippen LogP contribution in [0.2, 0.25) is 0 Å². The molecule has 2 heterocycles. The van der Waals surface area contributed by atoms with Crippen molar-refractivity contribution in [3.63, 3.8) is 0 Å². The van der Waals surface area contributed by atoms with Gasteiger partial charge in [0.2, 0.25) is 5.91 Å². The minimum Gasteiger partial charge on any atom is -0.344 e. The monoisotopic (exact) mass is 390 g/mol. The van der Waals surface area contributed by atoms with E-state index in [-0.39, 0.29) is 5.91 Å². The smallest absolute Gasteiger partial charge is 0.247 e. The number of benzene rings is 2. The number of carbonyl (C=O) groups is 1. The number of aromatic nitrogens is 3. The summed E-state index contributed by atoms with van der Waals surface area (Å²) in [7, 11) is 0. The Hall–Kier alpha value is -3.87. The highest BCUT2D eigenvalue weighted by Crippen LogP contribution is 2.32. The molecule has 4 aromatic rings. The van der Waals surface area contributed by atoms with E-state index in [1.165, 1.54) is 12.1 Å². The minimum atomic E-state index is -0.660. The molecular weight excluding hydrogens is 374 g/mol. The first-order valence-electron chi connectivity index (χ1n) is 8.80. The lowest BCUT2D eigenvalue weighted by molar-refractivity contribution is -0.111. The number of nitrogens with zero attached hydrogens (tertiary/aromatic N) is 2. The van der Waals surface area contributed by atoms with Crippen molar-refractivity contribution in [1.29, 1.82) is 0 Å². The summed E-state index contributed by atoms with van der Waals surface area (Å²) in [5.74, 6) is -1.60. The van der Waals surface area contributed by atoms with Gasteiger partial charge in [0.05, 0.1) is 11.9 Å². The summed E-state index contributed by atoms with van der Waals surface area (Å²) >= 11 is 0. The molecule has 0 saturated heterocycles. The summed E-state index contributed by atoms with van der Waals surface area (Å²) in [6, 6.07) is 9.26. The summed E-state index contributed by atoms with van der Waals surface area (Å²) < 4.78 is 27.8. The maximum Gasteiger partial charge on any atom is 0.247 e. The highest BCUT2D eigenvalue weighted by Gasteiger charge is 2.16. The van der Waals surface area contributed by atoms with Crippen LogP contribution in [0.3, 0.4) is 0 Å². The molecule has 2 N–H and O–H groups in total. The van der Waals surface area contributed by atoms with Gasteiger partial charge in [-0.1, -0.05) is 18.7 Å². The molecule has 0 spiro atoms. The van der Waals surface area contributed by atoms with Crippen LogP contribution >= 0.6 is 0 Å². The molecule has 2 aromatic heterocycles. The number of fused-ring (bicyclic) bond motifs is 1. The van der Waals surface area contributed by atoms with Gasteiger partial charge in [0.1, 0.15) is 17.2 Å². The van der Waals surface area contributed by atoms with E-state index in [0.29, 0.717) is 39.2 Å². The molecule has 0 bridgehead atoms. The van der Waals surface area contributed by atoms with Crippen molar-refractivity contribution in [3.8, 4) is 22.4 Å². The average Bonchev–Trinajstić information content (AvgIpc) is 3.14. The minimum absolute atomic E-state index is 0.319. The first-order valence-corrected chi connectivity index (χ1v) is 8.80. The molecule has 1 amide bonds. The van der Waals surface area contributed by atoms with Gasteiger partial charge in [-0.15, -0.1) is 0 Å². The van der Waals surface area contributed by atoms with E-state index in [0.717, 1.165) is 11.6 Å². The van der Waals surface area contributed by atoms with E-state index in [4.69, 9.17) is 0 Å². The molecule has 0 aliphatic rings. The van der Waals surface area contributed by atoms with E-state index in [1.54, 1.807) is 37.5 Å². The number of carbonyl (C=O) groups excluding carboxylic acids is 1. The van der Waals surface area contributed by atoms with Crippen LogP contribution in [0.5, 0.6) is 0 Å². The lowest BCUT2D eigenvalue weighted by atomic mass is 10.0. The van der Waals surface area contributed by atoms with Gasteiger partial charge in [0, 0.05) is 29.1 Å². The highest BCUT2D eigenvalue weighted by molar-refractivity contribution is 5.99. The fourth-order valence-corrected chi connectivity index (χ4v) is 3.11. The molecule has 0 fully saturated rings. The second-order valence-electron chi connectivity index (χ2n) is 6.49. The Morgan fingerprint density at radius 2 is 2.03 bits per heavy atom. The van der Waals surface area contributed by atoms with Gasteiger partial charge >= 0.3 is 0 Å². The normalized spacial score (nSPS) is 10.9. The van der Waals surface area contributed by atoms with E-state index in [9.17, 15) is 13.6 Å². The lowest BCUT2D eigenvalue weighted by Crippen LogP contribution is -2.07. The molecule has 0 aliphatic heterocycles. The molecule has 29 heavy (non-hydrogen) atoms. The van der Waals surface area contributed by atoms with E-state index >= 15 is 0 Å². The number of hydrogen-bond acceptors (Lipinski definition) is 3. The zero-order valence-corrected chi connectivity index (χ0v) is 15.5. The number of nitrogens with one attached hydrogen (secondary N) is 2. The van der Waals surface area contributed by atoms with Crippen LogP contribution in [-0.4, -0.2) is 20.9 Å². The summed E-state index contributed by atoms with van der Waals surface area (Å²) in [4.78, 5) is 23.6. The van der Waals surface area contributed by atoms with Crippen LogP contribution < -0.4 is 5.32 Å². The molecule has 0 atom stereocenters. The Labute approximate surface area is 165 Å². The largest absolute Gasteiger partial charge is 0.344 e. The SMILES string of the molecule is C=CC(=O)Nc1cccc(-c2cnc3[nH]cc(-c4cc(F)cc(F)c4C)c3n2)c1. The lowest BCUT2D eigenvalue weighted by Gasteiger charge is -2.08. The van der Waals surface area contributed by atoms with Crippen molar-refractivity contribution in [3.05, 3.63) is 78.6 Å². The molecule has 7 heteroatoms. The maximum absolute atomic E-state index is 14.0. The first-order chi connectivity index (χ1) is 14.0. The molecule has 4 rings (SSSR count). The molecular formula is C22H16F2N4O. The maximum atomic E-state index is 14.0. The van der Waals surface area contributed by atoms with Crippen molar-refractivity contribution in [2.45, 2.75) is 6.92 Å². The van der Waals surface area contributed by atoms with Crippen LogP contribution in [0.15, 0.2) is 61.4 Å². The summed E-state index contributed by atoms with van der Waals surface area (Å²) in [6.45, 7) is 5.02. The highest BCUT2D eigenvalue weighted by atomic mass is 19.1. The van der Waals surface area contributed by atoms with Crippen molar-refractivity contribution in [2.75, 3.05) is 5.32 Å². The summed E-state index contributed by atoms with van der Waals surface area (Å²) in [5, 5.41) is 2.70. The Kier molecular flexibility index (Phi) is 4.64. The average molecular weight is 390 g/mol. The predicted octanol–water partition coefficient (Wildman–Crippen LogP) is 5.00. The number of hydrogen-bond donors (Lipinski definition) is 2. The third-order valence-electron chi connectivity index (χ3n) is 4.59. The van der Waals surface area contributed by atoms with Gasteiger partial charge in [-0.2, -0.15) is 0 Å². The molecule has 0 radical (unpaired) electrons. The first kappa shape index (κ1) is 18.5. The topological polar surface area (TPSA) is 70.7 Å². The summed E-state index contributed by atoms with van der Waals surface area (Å²) in [6.07, 6.45) is 4.41. The van der Waals surface area contributed by atoms with Gasteiger partial charge in [0.15, 0.2) is 5.65 Å². The molecule has 5 nitrogen and oxygen atoms in total. The molecule has 2 aromatic carbocycles. The van der Waals surface area contributed by atoms with Gasteiger partial charge in [-0.25, -0.2) is 18.7 Å². The van der Waals surface area contributed by atoms with Gasteiger partial charge in [-0.05, 0) is 42.3 Å². The van der Waals surface area contributed by atoms with Gasteiger partial charge in [0.25, 0.3) is 0 Å². The van der Waals surface area contributed by atoms with Crippen molar-refractivity contribution >= 4 is 22.8 Å². The Balaban J connectivity index is 1.82.